The Morgan fingerprint density at radius 2 is 1.46 bits per heavy atom. The van der Waals surface area contributed by atoms with Gasteiger partial charge < -0.3 is 14.2 Å². The molecule has 0 amide bonds. The first-order valence-electron chi connectivity index (χ1n) is 8.51. The Labute approximate surface area is 151 Å². The number of hydrogen-bond donors (Lipinski definition) is 0. The third-order valence-electron chi connectivity index (χ3n) is 5.84. The molecule has 1 fully saturated rings. The molecular formula is C21H20O5. The molecule has 4 atom stereocenters. The van der Waals surface area contributed by atoms with Gasteiger partial charge in [0.1, 0.15) is 11.5 Å². The number of esters is 2. The van der Waals surface area contributed by atoms with Crippen molar-refractivity contribution in [3.8, 4) is 11.1 Å². The number of carbonyl (C=O) groups excluding carboxylic acids is 2. The summed E-state index contributed by atoms with van der Waals surface area (Å²) in [5.74, 6) is -2.61. The molecule has 4 rings (SSSR count). The highest BCUT2D eigenvalue weighted by Crippen LogP contribution is 2.67. The summed E-state index contributed by atoms with van der Waals surface area (Å²) in [5, 5.41) is 0. The average molecular weight is 352 g/mol. The normalized spacial score (nSPS) is 28.0. The topological polar surface area (TPSA) is 61.8 Å². The quantitative estimate of drug-likeness (QED) is 0.795. The van der Waals surface area contributed by atoms with Gasteiger partial charge in [-0.3, -0.25) is 9.59 Å². The van der Waals surface area contributed by atoms with Crippen molar-refractivity contribution < 1.29 is 23.8 Å². The Hall–Kier alpha value is -2.66. The van der Waals surface area contributed by atoms with Gasteiger partial charge in [0.15, 0.2) is 0 Å². The third-order valence-corrected chi connectivity index (χ3v) is 5.84. The standard InChI is InChI=1S/C21H20O5/c1-24-19(22)16-17-14-10-5-4-8-12(14)13-9-6-7-11-15(13)21(17,26-3)18(16)20(23)25-2/h4-11,16-18H,1-3H3/t16-,17?,18+,21+/m0/s1. The minimum Gasteiger partial charge on any atom is -0.469 e. The van der Waals surface area contributed by atoms with E-state index in [2.05, 4.69) is 0 Å². The lowest BCUT2D eigenvalue weighted by atomic mass is 9.46. The van der Waals surface area contributed by atoms with E-state index in [1.807, 2.05) is 48.5 Å². The third kappa shape index (κ3) is 1.89. The molecule has 0 N–H and O–H groups in total. The Kier molecular flexibility index (Phi) is 3.84. The van der Waals surface area contributed by atoms with Gasteiger partial charge in [0.2, 0.25) is 0 Å². The Balaban J connectivity index is 2.02. The highest BCUT2D eigenvalue weighted by Gasteiger charge is 2.72. The van der Waals surface area contributed by atoms with Crippen LogP contribution in [0, 0.1) is 11.8 Å². The van der Waals surface area contributed by atoms with Gasteiger partial charge in [-0.1, -0.05) is 48.5 Å². The molecule has 0 aromatic heterocycles. The van der Waals surface area contributed by atoms with Gasteiger partial charge in [-0.2, -0.15) is 0 Å². The summed E-state index contributed by atoms with van der Waals surface area (Å²) < 4.78 is 16.1. The van der Waals surface area contributed by atoms with Gasteiger partial charge in [0.25, 0.3) is 0 Å². The molecule has 0 spiro atoms. The summed E-state index contributed by atoms with van der Waals surface area (Å²) in [6.07, 6.45) is 0. The van der Waals surface area contributed by atoms with E-state index in [0.717, 1.165) is 22.3 Å². The van der Waals surface area contributed by atoms with E-state index >= 15 is 0 Å². The van der Waals surface area contributed by atoms with Crippen LogP contribution in [0.5, 0.6) is 0 Å². The monoisotopic (exact) mass is 352 g/mol. The van der Waals surface area contributed by atoms with Crippen LogP contribution in [0.15, 0.2) is 48.5 Å². The second kappa shape index (κ2) is 5.95. The summed E-state index contributed by atoms with van der Waals surface area (Å²) in [4.78, 5) is 25.2. The van der Waals surface area contributed by atoms with Gasteiger partial charge in [0, 0.05) is 13.0 Å². The van der Waals surface area contributed by atoms with Crippen molar-refractivity contribution in [1.82, 2.24) is 0 Å². The van der Waals surface area contributed by atoms with Crippen LogP contribution in [-0.4, -0.2) is 33.3 Å². The van der Waals surface area contributed by atoms with Crippen LogP contribution in [0.1, 0.15) is 17.0 Å². The SMILES string of the molecule is COC(=O)[C@H]1C2c3ccccc3-c3ccccc3[C@]2(OC)[C@H]1C(=O)OC. The molecule has 1 unspecified atom stereocenters. The zero-order valence-electron chi connectivity index (χ0n) is 14.9. The molecule has 0 aliphatic heterocycles. The highest BCUT2D eigenvalue weighted by atomic mass is 16.5. The molecule has 134 valence electrons. The van der Waals surface area contributed by atoms with Gasteiger partial charge in [-0.25, -0.2) is 0 Å². The second-order valence-electron chi connectivity index (χ2n) is 6.66. The number of fused-ring (bicyclic) bond motifs is 6. The summed E-state index contributed by atoms with van der Waals surface area (Å²) in [5.41, 5.74) is 3.01. The summed E-state index contributed by atoms with van der Waals surface area (Å²) in [7, 11) is 4.25. The van der Waals surface area contributed by atoms with Crippen molar-refractivity contribution in [3.05, 3.63) is 59.7 Å². The lowest BCUT2D eigenvalue weighted by Gasteiger charge is -2.60. The lowest BCUT2D eigenvalue weighted by Crippen LogP contribution is -2.66. The van der Waals surface area contributed by atoms with Gasteiger partial charge >= 0.3 is 11.9 Å². The number of hydrogen-bond acceptors (Lipinski definition) is 5. The molecule has 26 heavy (non-hydrogen) atoms. The molecular weight excluding hydrogens is 332 g/mol. The molecule has 0 radical (unpaired) electrons. The smallest absolute Gasteiger partial charge is 0.312 e. The van der Waals surface area contributed by atoms with Crippen LogP contribution in [-0.2, 0) is 29.4 Å². The van der Waals surface area contributed by atoms with Crippen LogP contribution in [0.3, 0.4) is 0 Å². The van der Waals surface area contributed by atoms with Crippen molar-refractivity contribution >= 4 is 11.9 Å². The van der Waals surface area contributed by atoms with Crippen LogP contribution in [0.2, 0.25) is 0 Å². The number of benzene rings is 2. The fraction of sp³-hybridized carbons (Fsp3) is 0.333. The summed E-state index contributed by atoms with van der Waals surface area (Å²) in [6.45, 7) is 0. The van der Waals surface area contributed by atoms with Crippen molar-refractivity contribution in [2.45, 2.75) is 11.5 Å². The number of carbonyl (C=O) groups is 2. The molecule has 2 aromatic rings. The molecule has 2 aromatic carbocycles. The first kappa shape index (κ1) is 16.8. The van der Waals surface area contributed by atoms with E-state index < -0.39 is 29.4 Å². The minimum absolute atomic E-state index is 0.310. The molecule has 2 aliphatic carbocycles. The number of methoxy groups -OCH3 is 3. The van der Waals surface area contributed by atoms with Crippen molar-refractivity contribution in [2.24, 2.45) is 11.8 Å². The minimum atomic E-state index is -0.948. The van der Waals surface area contributed by atoms with E-state index in [1.54, 1.807) is 7.11 Å². The fourth-order valence-corrected chi connectivity index (χ4v) is 4.85. The van der Waals surface area contributed by atoms with Crippen LogP contribution in [0.4, 0.5) is 0 Å². The maximum absolute atomic E-state index is 12.7. The average Bonchev–Trinajstić information content (AvgIpc) is 2.68. The molecule has 2 aliphatic rings. The Morgan fingerprint density at radius 3 is 2.12 bits per heavy atom. The lowest BCUT2D eigenvalue weighted by molar-refractivity contribution is -0.220. The predicted octanol–water partition coefficient (Wildman–Crippen LogP) is 2.88. The first-order valence-corrected chi connectivity index (χ1v) is 8.51. The Morgan fingerprint density at radius 1 is 0.846 bits per heavy atom. The maximum Gasteiger partial charge on any atom is 0.312 e. The molecule has 0 heterocycles. The van der Waals surface area contributed by atoms with E-state index in [-0.39, 0.29) is 5.92 Å². The summed E-state index contributed by atoms with van der Waals surface area (Å²) in [6, 6.07) is 15.8. The van der Waals surface area contributed by atoms with Gasteiger partial charge in [-0.05, 0) is 22.3 Å². The van der Waals surface area contributed by atoms with Crippen molar-refractivity contribution in [2.75, 3.05) is 21.3 Å². The van der Waals surface area contributed by atoms with Crippen molar-refractivity contribution in [1.29, 1.82) is 0 Å². The van der Waals surface area contributed by atoms with E-state index in [0.29, 0.717) is 0 Å². The molecule has 1 saturated carbocycles. The molecule has 5 heteroatoms. The zero-order valence-corrected chi connectivity index (χ0v) is 14.9. The van der Waals surface area contributed by atoms with Crippen LogP contribution < -0.4 is 0 Å². The Bertz CT molecular complexity index is 889. The van der Waals surface area contributed by atoms with Gasteiger partial charge in [-0.15, -0.1) is 0 Å². The molecule has 0 saturated heterocycles. The van der Waals surface area contributed by atoms with Crippen LogP contribution >= 0.6 is 0 Å². The summed E-state index contributed by atoms with van der Waals surface area (Å²) >= 11 is 0. The van der Waals surface area contributed by atoms with Crippen molar-refractivity contribution in [3.63, 3.8) is 0 Å². The number of ether oxygens (including phenoxy) is 3. The van der Waals surface area contributed by atoms with Gasteiger partial charge in [0.05, 0.1) is 20.1 Å². The maximum atomic E-state index is 12.7. The zero-order chi connectivity index (χ0) is 18.5. The predicted molar refractivity (Wildman–Crippen MR) is 94.3 cm³/mol. The van der Waals surface area contributed by atoms with E-state index in [4.69, 9.17) is 14.2 Å². The van der Waals surface area contributed by atoms with E-state index in [9.17, 15) is 9.59 Å². The fourth-order valence-electron chi connectivity index (χ4n) is 4.85. The molecule has 0 bridgehead atoms. The highest BCUT2D eigenvalue weighted by molar-refractivity contribution is 5.91. The largest absolute Gasteiger partial charge is 0.469 e. The van der Waals surface area contributed by atoms with Crippen LogP contribution in [0.25, 0.3) is 11.1 Å². The number of rotatable bonds is 3. The first-order chi connectivity index (χ1) is 12.6. The van der Waals surface area contributed by atoms with E-state index in [1.165, 1.54) is 14.2 Å². The molecule has 5 nitrogen and oxygen atoms in total. The second-order valence-corrected chi connectivity index (χ2v) is 6.66.